The Morgan fingerprint density at radius 1 is 1.05 bits per heavy atom. The summed E-state index contributed by atoms with van der Waals surface area (Å²) in [6.45, 7) is 8.43. The second kappa shape index (κ2) is 5.66. The molecule has 0 aromatic heterocycles. The first-order chi connectivity index (χ1) is 10.2. The predicted octanol–water partition coefficient (Wildman–Crippen LogP) is 3.00. The van der Waals surface area contributed by atoms with Crippen LogP contribution >= 0.6 is 0 Å². The number of hydrogen-bond acceptors (Lipinski definition) is 3. The van der Waals surface area contributed by atoms with Gasteiger partial charge in [0.05, 0.1) is 19.8 Å². The molecule has 3 heteroatoms. The molecule has 118 valence electrons. The average Bonchev–Trinajstić information content (AvgIpc) is 2.47. The van der Waals surface area contributed by atoms with E-state index in [9.17, 15) is 0 Å². The van der Waals surface area contributed by atoms with Gasteiger partial charge in [-0.2, -0.15) is 0 Å². The number of ether oxygens (including phenoxy) is 1. The Kier molecular flexibility index (Phi) is 3.83. The van der Waals surface area contributed by atoms with Crippen LogP contribution in [0.1, 0.15) is 45.4 Å². The third kappa shape index (κ3) is 2.79. The summed E-state index contributed by atoms with van der Waals surface area (Å²) in [7, 11) is 0. The Balaban J connectivity index is 1.37. The van der Waals surface area contributed by atoms with Gasteiger partial charge in [0.25, 0.3) is 0 Å². The summed E-state index contributed by atoms with van der Waals surface area (Å²) >= 11 is 0. The van der Waals surface area contributed by atoms with Crippen LogP contribution in [0.25, 0.3) is 0 Å². The lowest BCUT2D eigenvalue weighted by Crippen LogP contribution is -2.49. The fourth-order valence-electron chi connectivity index (χ4n) is 5.91. The third-order valence-corrected chi connectivity index (χ3v) is 6.67. The Labute approximate surface area is 129 Å². The van der Waals surface area contributed by atoms with Crippen LogP contribution in [0.15, 0.2) is 4.99 Å². The summed E-state index contributed by atoms with van der Waals surface area (Å²) in [5.41, 5.74) is 2.01. The van der Waals surface area contributed by atoms with Gasteiger partial charge < -0.3 is 4.74 Å². The molecule has 1 aliphatic heterocycles. The molecule has 4 aliphatic carbocycles. The largest absolute Gasteiger partial charge is 0.379 e. The van der Waals surface area contributed by atoms with Gasteiger partial charge in [-0.15, -0.1) is 0 Å². The molecule has 0 N–H and O–H groups in total. The molecular formula is C18H30N2O. The summed E-state index contributed by atoms with van der Waals surface area (Å²) in [4.78, 5) is 7.54. The van der Waals surface area contributed by atoms with Crippen LogP contribution in [0.4, 0.5) is 0 Å². The van der Waals surface area contributed by atoms with Crippen LogP contribution in [0.3, 0.4) is 0 Å². The molecule has 5 rings (SSSR count). The molecule has 4 bridgehead atoms. The third-order valence-electron chi connectivity index (χ3n) is 6.67. The van der Waals surface area contributed by atoms with Gasteiger partial charge in [0, 0.05) is 30.8 Å². The highest BCUT2D eigenvalue weighted by molar-refractivity contribution is 5.88. The van der Waals surface area contributed by atoms with Crippen molar-refractivity contribution in [2.24, 2.45) is 28.2 Å². The number of aliphatic imine (C=N–C) groups is 1. The molecule has 0 atom stereocenters. The van der Waals surface area contributed by atoms with E-state index in [1.54, 1.807) is 0 Å². The number of rotatable bonds is 4. The summed E-state index contributed by atoms with van der Waals surface area (Å²) in [5, 5.41) is 0. The topological polar surface area (TPSA) is 24.8 Å². The monoisotopic (exact) mass is 290 g/mol. The van der Waals surface area contributed by atoms with Gasteiger partial charge in [-0.05, 0) is 63.2 Å². The molecule has 0 aromatic carbocycles. The van der Waals surface area contributed by atoms with Crippen molar-refractivity contribution < 1.29 is 4.74 Å². The second-order valence-electron chi connectivity index (χ2n) is 8.12. The van der Waals surface area contributed by atoms with Gasteiger partial charge in [0.2, 0.25) is 0 Å². The highest BCUT2D eigenvalue weighted by atomic mass is 16.5. The van der Waals surface area contributed by atoms with Crippen molar-refractivity contribution in [3.63, 3.8) is 0 Å². The molecule has 0 unspecified atom stereocenters. The van der Waals surface area contributed by atoms with Gasteiger partial charge in [-0.25, -0.2) is 0 Å². The smallest absolute Gasteiger partial charge is 0.0594 e. The van der Waals surface area contributed by atoms with E-state index in [4.69, 9.17) is 9.73 Å². The fourth-order valence-corrected chi connectivity index (χ4v) is 5.91. The minimum Gasteiger partial charge on any atom is -0.379 e. The molecule has 21 heavy (non-hydrogen) atoms. The maximum absolute atomic E-state index is 5.41. The van der Waals surface area contributed by atoms with E-state index in [2.05, 4.69) is 11.8 Å². The molecule has 3 nitrogen and oxygen atoms in total. The summed E-state index contributed by atoms with van der Waals surface area (Å²) in [6.07, 6.45) is 8.94. The lowest BCUT2D eigenvalue weighted by molar-refractivity contribution is -0.0128. The molecule has 5 aliphatic rings. The zero-order valence-corrected chi connectivity index (χ0v) is 13.5. The van der Waals surface area contributed by atoms with Gasteiger partial charge in [-0.1, -0.05) is 0 Å². The number of hydrogen-bond donors (Lipinski definition) is 0. The summed E-state index contributed by atoms with van der Waals surface area (Å²) < 4.78 is 5.41. The van der Waals surface area contributed by atoms with E-state index < -0.39 is 0 Å². The summed E-state index contributed by atoms with van der Waals surface area (Å²) in [5.74, 6) is 3.09. The molecule has 4 saturated carbocycles. The number of morpholine rings is 1. The van der Waals surface area contributed by atoms with E-state index in [0.717, 1.165) is 57.1 Å². The van der Waals surface area contributed by atoms with Crippen molar-refractivity contribution in [2.75, 3.05) is 39.4 Å². The van der Waals surface area contributed by atoms with E-state index >= 15 is 0 Å². The van der Waals surface area contributed by atoms with Crippen molar-refractivity contribution in [3.8, 4) is 0 Å². The molecule has 0 radical (unpaired) electrons. The zero-order valence-electron chi connectivity index (χ0n) is 13.5. The van der Waals surface area contributed by atoms with Crippen LogP contribution in [0, 0.1) is 23.2 Å². The van der Waals surface area contributed by atoms with Crippen molar-refractivity contribution in [1.82, 2.24) is 4.90 Å². The van der Waals surface area contributed by atoms with Gasteiger partial charge >= 0.3 is 0 Å². The van der Waals surface area contributed by atoms with Crippen molar-refractivity contribution in [1.29, 1.82) is 0 Å². The fraction of sp³-hybridized carbons (Fsp3) is 0.944. The Hall–Kier alpha value is -0.410. The van der Waals surface area contributed by atoms with Crippen LogP contribution in [0.2, 0.25) is 0 Å². The minimum atomic E-state index is 0.514. The quantitative estimate of drug-likeness (QED) is 0.744. The van der Waals surface area contributed by atoms with Gasteiger partial charge in [0.15, 0.2) is 0 Å². The van der Waals surface area contributed by atoms with E-state index in [1.807, 2.05) is 0 Å². The first-order valence-electron chi connectivity index (χ1n) is 9.05. The lowest BCUT2D eigenvalue weighted by atomic mass is 9.48. The number of nitrogens with zero attached hydrogens (tertiary/aromatic N) is 2. The maximum atomic E-state index is 5.41. The first-order valence-corrected chi connectivity index (χ1v) is 9.05. The lowest BCUT2D eigenvalue weighted by Gasteiger charge is -2.57. The molecule has 1 heterocycles. The Morgan fingerprint density at radius 3 is 2.19 bits per heavy atom. The molecular weight excluding hydrogens is 260 g/mol. The van der Waals surface area contributed by atoms with Gasteiger partial charge in [0.1, 0.15) is 0 Å². The zero-order chi connectivity index (χ0) is 14.3. The summed E-state index contributed by atoms with van der Waals surface area (Å²) in [6, 6.07) is 0. The van der Waals surface area contributed by atoms with Crippen LogP contribution < -0.4 is 0 Å². The predicted molar refractivity (Wildman–Crippen MR) is 85.8 cm³/mol. The van der Waals surface area contributed by atoms with Crippen LogP contribution in [-0.4, -0.2) is 50.0 Å². The SMILES string of the molecule is CC(=NCCN1CCOCC1)C12CC3CC(CC(C3)C1)C2. The first kappa shape index (κ1) is 14.2. The van der Waals surface area contributed by atoms with Crippen molar-refractivity contribution in [3.05, 3.63) is 0 Å². The van der Waals surface area contributed by atoms with Gasteiger partial charge in [-0.3, -0.25) is 9.89 Å². The molecule has 0 aromatic rings. The van der Waals surface area contributed by atoms with Crippen LogP contribution in [-0.2, 0) is 4.74 Å². The van der Waals surface area contributed by atoms with E-state index in [1.165, 1.54) is 44.2 Å². The van der Waals surface area contributed by atoms with Crippen molar-refractivity contribution in [2.45, 2.75) is 45.4 Å². The Morgan fingerprint density at radius 2 is 1.62 bits per heavy atom. The molecule has 0 spiro atoms. The normalized spacial score (nSPS) is 43.5. The maximum Gasteiger partial charge on any atom is 0.0594 e. The average molecular weight is 290 g/mol. The highest BCUT2D eigenvalue weighted by Crippen LogP contribution is 2.60. The minimum absolute atomic E-state index is 0.514. The molecule has 5 fully saturated rings. The second-order valence-corrected chi connectivity index (χ2v) is 8.12. The van der Waals surface area contributed by atoms with Crippen LogP contribution in [0.5, 0.6) is 0 Å². The van der Waals surface area contributed by atoms with Crippen molar-refractivity contribution >= 4 is 5.71 Å². The molecule has 1 saturated heterocycles. The van der Waals surface area contributed by atoms with E-state index in [-0.39, 0.29) is 0 Å². The highest BCUT2D eigenvalue weighted by Gasteiger charge is 2.52. The van der Waals surface area contributed by atoms with E-state index in [0.29, 0.717) is 5.41 Å². The standard InChI is InChI=1S/C18H30N2O/c1-14(19-2-3-20-4-6-21-7-5-20)18-11-15-8-16(12-18)10-17(9-15)13-18/h15-17H,2-13H2,1H3. The molecule has 0 amide bonds. The Bertz CT molecular complexity index is 376.